The highest BCUT2D eigenvalue weighted by molar-refractivity contribution is 4.55. The van der Waals surface area contributed by atoms with E-state index in [0.717, 1.165) is 13.1 Å². The van der Waals surface area contributed by atoms with Crippen LogP contribution in [0.1, 0.15) is 33.1 Å². The van der Waals surface area contributed by atoms with Gasteiger partial charge in [0.05, 0.1) is 0 Å². The highest BCUT2D eigenvalue weighted by Crippen LogP contribution is 1.96. The molecular weight excluding hydrogens is 150 g/mol. The maximum atomic E-state index is 4.85. The SMILES string of the molecule is C1CCNCC1.CCN.CCN. The van der Waals surface area contributed by atoms with Crippen molar-refractivity contribution in [3.05, 3.63) is 0 Å². The Hall–Kier alpha value is -0.120. The Kier molecular flexibility index (Phi) is 20.5. The lowest BCUT2D eigenvalue weighted by atomic mass is 10.2. The van der Waals surface area contributed by atoms with Crippen molar-refractivity contribution in [2.24, 2.45) is 11.5 Å². The largest absolute Gasteiger partial charge is 0.331 e. The molecule has 0 aromatic rings. The molecule has 1 heterocycles. The predicted molar refractivity (Wildman–Crippen MR) is 56.2 cm³/mol. The van der Waals surface area contributed by atoms with Gasteiger partial charge < -0.3 is 16.8 Å². The van der Waals surface area contributed by atoms with Crippen LogP contribution in [0.2, 0.25) is 0 Å². The van der Waals surface area contributed by atoms with Gasteiger partial charge in [-0.1, -0.05) is 20.3 Å². The summed E-state index contributed by atoms with van der Waals surface area (Å²) in [5, 5.41) is 3.28. The van der Waals surface area contributed by atoms with Gasteiger partial charge in [-0.05, 0) is 39.0 Å². The molecule has 0 spiro atoms. The van der Waals surface area contributed by atoms with Crippen molar-refractivity contribution in [3.63, 3.8) is 0 Å². The van der Waals surface area contributed by atoms with Crippen LogP contribution in [0.3, 0.4) is 0 Å². The second kappa shape index (κ2) is 17.1. The van der Waals surface area contributed by atoms with Crippen LogP contribution >= 0.6 is 0 Å². The molecule has 0 aromatic heterocycles. The fourth-order valence-electron chi connectivity index (χ4n) is 0.802. The molecule has 12 heavy (non-hydrogen) atoms. The van der Waals surface area contributed by atoms with Crippen LogP contribution in [-0.4, -0.2) is 26.2 Å². The quantitative estimate of drug-likeness (QED) is 0.507. The number of hydrogen-bond donors (Lipinski definition) is 3. The second-order valence-corrected chi connectivity index (χ2v) is 2.63. The first kappa shape index (κ1) is 14.4. The topological polar surface area (TPSA) is 64.1 Å². The van der Waals surface area contributed by atoms with E-state index in [-0.39, 0.29) is 0 Å². The molecule has 1 saturated heterocycles. The summed E-state index contributed by atoms with van der Waals surface area (Å²) >= 11 is 0. The van der Waals surface area contributed by atoms with E-state index < -0.39 is 0 Å². The molecule has 1 aliphatic rings. The van der Waals surface area contributed by atoms with Gasteiger partial charge in [0.25, 0.3) is 0 Å². The monoisotopic (exact) mass is 175 g/mol. The zero-order chi connectivity index (χ0) is 9.66. The number of nitrogens with one attached hydrogen (secondary N) is 1. The highest BCUT2D eigenvalue weighted by atomic mass is 14.9. The van der Waals surface area contributed by atoms with Crippen molar-refractivity contribution >= 4 is 0 Å². The van der Waals surface area contributed by atoms with Gasteiger partial charge in [0, 0.05) is 0 Å². The summed E-state index contributed by atoms with van der Waals surface area (Å²) in [6.45, 7) is 7.81. The van der Waals surface area contributed by atoms with E-state index in [1.54, 1.807) is 0 Å². The number of hydrogen-bond acceptors (Lipinski definition) is 3. The average molecular weight is 175 g/mol. The van der Waals surface area contributed by atoms with Crippen LogP contribution in [0.4, 0.5) is 0 Å². The summed E-state index contributed by atoms with van der Waals surface area (Å²) in [5.74, 6) is 0. The van der Waals surface area contributed by atoms with E-state index in [2.05, 4.69) is 5.32 Å². The summed E-state index contributed by atoms with van der Waals surface area (Å²) in [4.78, 5) is 0. The zero-order valence-corrected chi connectivity index (χ0v) is 8.60. The van der Waals surface area contributed by atoms with Crippen molar-refractivity contribution < 1.29 is 0 Å². The molecule has 5 N–H and O–H groups in total. The minimum absolute atomic E-state index is 0.750. The van der Waals surface area contributed by atoms with Gasteiger partial charge in [0.15, 0.2) is 0 Å². The van der Waals surface area contributed by atoms with E-state index in [1.807, 2.05) is 13.8 Å². The van der Waals surface area contributed by atoms with E-state index in [1.165, 1.54) is 32.4 Å². The van der Waals surface area contributed by atoms with Crippen LogP contribution in [0.15, 0.2) is 0 Å². The third-order valence-corrected chi connectivity index (χ3v) is 1.21. The average Bonchev–Trinajstić information content (AvgIpc) is 2.10. The lowest BCUT2D eigenvalue weighted by molar-refractivity contribution is 0.520. The van der Waals surface area contributed by atoms with E-state index in [0.29, 0.717) is 0 Å². The smallest absolute Gasteiger partial charge is 0.00489 e. The van der Waals surface area contributed by atoms with Crippen molar-refractivity contribution in [2.45, 2.75) is 33.1 Å². The van der Waals surface area contributed by atoms with Gasteiger partial charge in [-0.3, -0.25) is 0 Å². The van der Waals surface area contributed by atoms with Crippen LogP contribution in [0.25, 0.3) is 0 Å². The molecule has 0 radical (unpaired) electrons. The van der Waals surface area contributed by atoms with Crippen molar-refractivity contribution in [1.82, 2.24) is 5.32 Å². The maximum Gasteiger partial charge on any atom is -0.00489 e. The fraction of sp³-hybridized carbons (Fsp3) is 1.00. The molecule has 3 nitrogen and oxygen atoms in total. The summed E-state index contributed by atoms with van der Waals surface area (Å²) < 4.78 is 0. The van der Waals surface area contributed by atoms with Gasteiger partial charge in [0.1, 0.15) is 0 Å². The fourth-order valence-corrected chi connectivity index (χ4v) is 0.802. The Balaban J connectivity index is 0. The van der Waals surface area contributed by atoms with Gasteiger partial charge in [-0.2, -0.15) is 0 Å². The Bertz CT molecular complexity index is 40.2. The molecule has 76 valence electrons. The highest BCUT2D eigenvalue weighted by Gasteiger charge is 1.93. The van der Waals surface area contributed by atoms with Crippen molar-refractivity contribution in [2.75, 3.05) is 26.2 Å². The third kappa shape index (κ3) is 22.5. The Morgan fingerprint density at radius 2 is 1.25 bits per heavy atom. The van der Waals surface area contributed by atoms with E-state index in [4.69, 9.17) is 11.5 Å². The first-order valence-electron chi connectivity index (χ1n) is 4.94. The van der Waals surface area contributed by atoms with Crippen LogP contribution in [0.5, 0.6) is 0 Å². The van der Waals surface area contributed by atoms with Crippen LogP contribution < -0.4 is 16.8 Å². The minimum atomic E-state index is 0.750. The molecule has 0 atom stereocenters. The van der Waals surface area contributed by atoms with Crippen molar-refractivity contribution in [3.8, 4) is 0 Å². The standard InChI is InChI=1S/C5H11N.2C2H7N/c1-2-4-6-5-3-1;2*1-2-3/h6H,1-5H2;2*2-3H2,1H3. The molecule has 0 unspecified atom stereocenters. The van der Waals surface area contributed by atoms with Crippen molar-refractivity contribution in [1.29, 1.82) is 0 Å². The third-order valence-electron chi connectivity index (χ3n) is 1.21. The normalized spacial score (nSPS) is 15.0. The molecule has 0 bridgehead atoms. The molecule has 0 aliphatic carbocycles. The first-order valence-corrected chi connectivity index (χ1v) is 4.94. The zero-order valence-electron chi connectivity index (χ0n) is 8.60. The number of rotatable bonds is 0. The summed E-state index contributed by atoms with van der Waals surface area (Å²) in [7, 11) is 0. The van der Waals surface area contributed by atoms with Crippen LogP contribution in [-0.2, 0) is 0 Å². The van der Waals surface area contributed by atoms with Gasteiger partial charge in [-0.15, -0.1) is 0 Å². The Morgan fingerprint density at radius 1 is 0.917 bits per heavy atom. The molecule has 3 heteroatoms. The molecular formula is C9H25N3. The molecule has 1 aliphatic heterocycles. The summed E-state index contributed by atoms with van der Waals surface area (Å²) in [6, 6.07) is 0. The van der Waals surface area contributed by atoms with Gasteiger partial charge in [-0.25, -0.2) is 0 Å². The summed E-state index contributed by atoms with van der Waals surface area (Å²) in [6.07, 6.45) is 4.22. The molecule has 0 saturated carbocycles. The minimum Gasteiger partial charge on any atom is -0.331 e. The van der Waals surface area contributed by atoms with E-state index >= 15 is 0 Å². The Labute approximate surface area is 76.9 Å². The lowest BCUT2D eigenvalue weighted by Gasteiger charge is -2.08. The number of nitrogens with two attached hydrogens (primary N) is 2. The molecule has 0 amide bonds. The Morgan fingerprint density at radius 3 is 1.33 bits per heavy atom. The number of piperidine rings is 1. The molecule has 1 fully saturated rings. The maximum absolute atomic E-state index is 4.85. The second-order valence-electron chi connectivity index (χ2n) is 2.63. The van der Waals surface area contributed by atoms with Gasteiger partial charge in [0.2, 0.25) is 0 Å². The van der Waals surface area contributed by atoms with Gasteiger partial charge >= 0.3 is 0 Å². The van der Waals surface area contributed by atoms with Crippen LogP contribution in [0, 0.1) is 0 Å². The van der Waals surface area contributed by atoms with E-state index in [9.17, 15) is 0 Å². The molecule has 1 rings (SSSR count). The summed E-state index contributed by atoms with van der Waals surface area (Å²) in [5.41, 5.74) is 9.69. The predicted octanol–water partition coefficient (Wildman–Crippen LogP) is 0.690. The lowest BCUT2D eigenvalue weighted by Crippen LogP contribution is -2.21. The first-order chi connectivity index (χ1) is 5.83. The molecule has 0 aromatic carbocycles.